The molecule has 0 saturated heterocycles. The van der Waals surface area contributed by atoms with E-state index in [1.54, 1.807) is 72.8 Å². The summed E-state index contributed by atoms with van der Waals surface area (Å²) in [5.41, 5.74) is 16.1. The smallest absolute Gasteiger partial charge is 0.198 e. The lowest BCUT2D eigenvalue weighted by atomic mass is 9.78. The molecule has 0 aliphatic heterocycles. The molecule has 6 aromatic rings. The van der Waals surface area contributed by atoms with E-state index in [1.807, 2.05) is 24.3 Å². The van der Waals surface area contributed by atoms with E-state index in [0.29, 0.717) is 22.6 Å². The number of hydrogen-bond acceptors (Lipinski definition) is 10. The van der Waals surface area contributed by atoms with Gasteiger partial charge in [-0.3, -0.25) is 19.2 Å². The monoisotopic (exact) mass is 730 g/mol. The van der Waals surface area contributed by atoms with Crippen LogP contribution < -0.4 is 30.4 Å². The number of carbonyl (C=O) groups is 4. The van der Waals surface area contributed by atoms with Crippen molar-refractivity contribution in [3.05, 3.63) is 165 Å². The van der Waals surface area contributed by atoms with Gasteiger partial charge in [-0.05, 0) is 35.4 Å². The van der Waals surface area contributed by atoms with Crippen LogP contribution in [0.3, 0.4) is 0 Å². The Kier molecular flexibility index (Phi) is 8.26. The van der Waals surface area contributed by atoms with E-state index in [-0.39, 0.29) is 90.9 Å². The van der Waals surface area contributed by atoms with Crippen molar-refractivity contribution in [2.24, 2.45) is 0 Å². The van der Waals surface area contributed by atoms with Crippen LogP contribution in [0.25, 0.3) is 0 Å². The molecule has 10 nitrogen and oxygen atoms in total. The second-order valence-corrected chi connectivity index (χ2v) is 13.8. The standard InChI is InChI=1S/C45H34N2O8/c1-45(2,23-13-17-25(18-14-23)54-33-21-31(52-3)35-37(39(33)46)43(50)29-11-7-5-9-27(29)41(35)48)24-15-19-26(20-16-24)55-34-22-32(53-4)36-38(40(34)47)44(51)30-12-8-6-10-28(30)42(36)49/h5-22H,46-47H2,1-4H3. The summed E-state index contributed by atoms with van der Waals surface area (Å²) in [6.07, 6.45) is 0. The lowest BCUT2D eigenvalue weighted by Crippen LogP contribution is -2.23. The Labute approximate surface area is 316 Å². The molecule has 55 heavy (non-hydrogen) atoms. The maximum absolute atomic E-state index is 13.5. The fourth-order valence-electron chi connectivity index (χ4n) is 7.31. The van der Waals surface area contributed by atoms with Crippen LogP contribution in [-0.2, 0) is 5.41 Å². The number of methoxy groups -OCH3 is 2. The molecule has 0 atom stereocenters. The molecule has 0 saturated carbocycles. The number of fused-ring (bicyclic) bond motifs is 4. The normalized spacial score (nSPS) is 13.0. The first-order valence-electron chi connectivity index (χ1n) is 17.4. The lowest BCUT2D eigenvalue weighted by Gasteiger charge is -2.27. The van der Waals surface area contributed by atoms with Crippen LogP contribution >= 0.6 is 0 Å². The molecule has 4 N–H and O–H groups in total. The maximum atomic E-state index is 13.5. The highest BCUT2D eigenvalue weighted by atomic mass is 16.5. The Balaban J connectivity index is 1.03. The first kappa shape index (κ1) is 34.9. The number of benzene rings is 6. The number of nitrogens with two attached hydrogens (primary N) is 2. The number of carbonyl (C=O) groups excluding carboxylic acids is 4. The molecule has 0 bridgehead atoms. The van der Waals surface area contributed by atoms with Crippen molar-refractivity contribution in [2.45, 2.75) is 19.3 Å². The van der Waals surface area contributed by atoms with Crippen molar-refractivity contribution in [2.75, 3.05) is 25.7 Å². The van der Waals surface area contributed by atoms with Gasteiger partial charge in [-0.1, -0.05) is 86.6 Å². The average molecular weight is 731 g/mol. The van der Waals surface area contributed by atoms with Gasteiger partial charge in [-0.15, -0.1) is 0 Å². The average Bonchev–Trinajstić information content (AvgIpc) is 3.20. The van der Waals surface area contributed by atoms with Gasteiger partial charge in [0.15, 0.2) is 34.6 Å². The number of ketones is 4. The number of ether oxygens (including phenoxy) is 4. The molecule has 2 aliphatic carbocycles. The predicted molar refractivity (Wildman–Crippen MR) is 207 cm³/mol. The molecule has 0 radical (unpaired) electrons. The molecule has 2 aliphatic rings. The van der Waals surface area contributed by atoms with Crippen LogP contribution in [0.1, 0.15) is 88.7 Å². The maximum Gasteiger partial charge on any atom is 0.198 e. The molecule has 10 heteroatoms. The molecule has 0 fully saturated rings. The zero-order chi connectivity index (χ0) is 38.8. The molecule has 0 heterocycles. The lowest BCUT2D eigenvalue weighted by molar-refractivity contribution is 0.0977. The van der Waals surface area contributed by atoms with E-state index < -0.39 is 5.41 Å². The highest BCUT2D eigenvalue weighted by Gasteiger charge is 2.37. The number of hydrogen-bond donors (Lipinski definition) is 2. The van der Waals surface area contributed by atoms with Gasteiger partial charge in [0.25, 0.3) is 0 Å². The highest BCUT2D eigenvalue weighted by molar-refractivity contribution is 6.32. The number of anilines is 2. The van der Waals surface area contributed by atoms with E-state index >= 15 is 0 Å². The first-order chi connectivity index (χ1) is 26.4. The summed E-state index contributed by atoms with van der Waals surface area (Å²) in [6, 6.07) is 31.3. The van der Waals surface area contributed by atoms with Crippen molar-refractivity contribution in [3.8, 4) is 34.5 Å². The number of rotatable bonds is 8. The SMILES string of the molecule is COc1cc(Oc2ccc(C(C)(C)c3ccc(Oc4cc(OC)c5c(c4N)C(=O)c4ccccc4C5=O)cc3)cc2)c(N)c2c1C(=O)c1ccccc1C2=O. The quantitative estimate of drug-likeness (QED) is 0.146. The third-order valence-electron chi connectivity index (χ3n) is 10.4. The van der Waals surface area contributed by atoms with Crippen molar-refractivity contribution < 1.29 is 38.1 Å². The summed E-state index contributed by atoms with van der Waals surface area (Å²) in [6.45, 7) is 4.16. The molecular weight excluding hydrogens is 697 g/mol. The van der Waals surface area contributed by atoms with Gasteiger partial charge in [0.05, 0.1) is 47.8 Å². The Morgan fingerprint density at radius 2 is 0.745 bits per heavy atom. The summed E-state index contributed by atoms with van der Waals surface area (Å²) < 4.78 is 23.4. The molecule has 0 unspecified atom stereocenters. The minimum Gasteiger partial charge on any atom is -0.496 e. The summed E-state index contributed by atoms with van der Waals surface area (Å²) in [5, 5.41) is 0. The van der Waals surface area contributed by atoms with Gasteiger partial charge in [-0.2, -0.15) is 0 Å². The largest absolute Gasteiger partial charge is 0.496 e. The molecule has 8 rings (SSSR count). The van der Waals surface area contributed by atoms with Crippen molar-refractivity contribution >= 4 is 34.5 Å². The molecular formula is C45H34N2O8. The Hall–Kier alpha value is -7.20. The molecule has 272 valence electrons. The van der Waals surface area contributed by atoms with Crippen LogP contribution in [0.4, 0.5) is 11.4 Å². The zero-order valence-corrected chi connectivity index (χ0v) is 30.3. The number of nitrogen functional groups attached to an aromatic ring is 2. The van der Waals surface area contributed by atoms with E-state index in [0.717, 1.165) is 11.1 Å². The fraction of sp³-hybridized carbons (Fsp3) is 0.111. The van der Waals surface area contributed by atoms with Crippen molar-refractivity contribution in [1.29, 1.82) is 0 Å². The van der Waals surface area contributed by atoms with Crippen LogP contribution in [0.5, 0.6) is 34.5 Å². The van der Waals surface area contributed by atoms with E-state index in [1.165, 1.54) is 26.4 Å². The van der Waals surface area contributed by atoms with Crippen LogP contribution in [0, 0.1) is 0 Å². The predicted octanol–water partition coefficient (Wildman–Crippen LogP) is 8.33. The minimum atomic E-state index is -0.459. The van der Waals surface area contributed by atoms with Crippen molar-refractivity contribution in [3.63, 3.8) is 0 Å². The van der Waals surface area contributed by atoms with Crippen LogP contribution in [0.2, 0.25) is 0 Å². The van der Waals surface area contributed by atoms with Gasteiger partial charge in [-0.25, -0.2) is 0 Å². The second-order valence-electron chi connectivity index (χ2n) is 13.8. The minimum absolute atomic E-state index is 0.0522. The summed E-state index contributed by atoms with van der Waals surface area (Å²) in [5.74, 6) is 0.285. The topological polar surface area (TPSA) is 157 Å². The summed E-state index contributed by atoms with van der Waals surface area (Å²) >= 11 is 0. The second kappa shape index (κ2) is 13.0. The third-order valence-corrected chi connectivity index (χ3v) is 10.4. The van der Waals surface area contributed by atoms with E-state index in [4.69, 9.17) is 30.4 Å². The van der Waals surface area contributed by atoms with Gasteiger partial charge in [0.2, 0.25) is 0 Å². The van der Waals surface area contributed by atoms with Gasteiger partial charge in [0, 0.05) is 39.8 Å². The highest BCUT2D eigenvalue weighted by Crippen LogP contribution is 2.45. The van der Waals surface area contributed by atoms with Gasteiger partial charge < -0.3 is 30.4 Å². The van der Waals surface area contributed by atoms with Gasteiger partial charge in [0.1, 0.15) is 23.0 Å². The fourth-order valence-corrected chi connectivity index (χ4v) is 7.31. The Morgan fingerprint density at radius 1 is 0.436 bits per heavy atom. The van der Waals surface area contributed by atoms with Gasteiger partial charge >= 0.3 is 0 Å². The molecule has 0 amide bonds. The zero-order valence-electron chi connectivity index (χ0n) is 30.3. The van der Waals surface area contributed by atoms with Crippen molar-refractivity contribution in [1.82, 2.24) is 0 Å². The summed E-state index contributed by atoms with van der Waals surface area (Å²) in [7, 11) is 2.85. The Morgan fingerprint density at radius 3 is 1.05 bits per heavy atom. The van der Waals surface area contributed by atoms with E-state index in [2.05, 4.69) is 13.8 Å². The summed E-state index contributed by atoms with van der Waals surface area (Å²) in [4.78, 5) is 53.8. The van der Waals surface area contributed by atoms with Crippen LogP contribution in [-0.4, -0.2) is 37.4 Å². The Bertz CT molecular complexity index is 2440. The van der Waals surface area contributed by atoms with Crippen LogP contribution in [0.15, 0.2) is 109 Å². The third kappa shape index (κ3) is 5.49. The molecule has 0 aromatic heterocycles. The molecule has 6 aromatic carbocycles. The van der Waals surface area contributed by atoms with E-state index in [9.17, 15) is 19.2 Å². The molecule has 0 spiro atoms. The first-order valence-corrected chi connectivity index (χ1v) is 17.4.